The normalized spacial score (nSPS) is 17.0. The molecular weight excluding hydrogens is 446 g/mol. The molecule has 184 valence electrons. The zero-order chi connectivity index (χ0) is 24.8. The third kappa shape index (κ3) is 5.01. The van der Waals surface area contributed by atoms with Gasteiger partial charge >= 0.3 is 6.03 Å². The van der Waals surface area contributed by atoms with Crippen molar-refractivity contribution in [1.29, 1.82) is 0 Å². The summed E-state index contributed by atoms with van der Waals surface area (Å²) in [6.07, 6.45) is 7.57. The number of hydrogen-bond donors (Lipinski definition) is 2. The Kier molecular flexibility index (Phi) is 7.39. The lowest BCUT2D eigenvalue weighted by molar-refractivity contribution is -0.134. The van der Waals surface area contributed by atoms with Gasteiger partial charge in [0.05, 0.1) is 14.2 Å². The van der Waals surface area contributed by atoms with Crippen LogP contribution in [0.15, 0.2) is 60.2 Å². The van der Waals surface area contributed by atoms with Crippen molar-refractivity contribution < 1.29 is 23.9 Å². The molecule has 0 aromatic heterocycles. The molecule has 2 aromatic carbocycles. The van der Waals surface area contributed by atoms with Crippen LogP contribution < -0.4 is 20.1 Å². The van der Waals surface area contributed by atoms with Crippen molar-refractivity contribution in [3.05, 3.63) is 71.3 Å². The molecule has 0 radical (unpaired) electrons. The summed E-state index contributed by atoms with van der Waals surface area (Å²) in [6, 6.07) is 13.3. The maximum atomic E-state index is 13.8. The molecule has 0 bridgehead atoms. The Bertz CT molecular complexity index is 1060. The number of carbonyl (C=O) groups is 3. The highest BCUT2D eigenvalue weighted by Crippen LogP contribution is 2.37. The van der Waals surface area contributed by atoms with E-state index >= 15 is 0 Å². The van der Waals surface area contributed by atoms with Crippen LogP contribution in [0.25, 0.3) is 0 Å². The number of carbonyl (C=O) groups excluding carboxylic acids is 3. The Labute approximate surface area is 205 Å². The zero-order valence-corrected chi connectivity index (χ0v) is 20.1. The number of methoxy groups -OCH3 is 2. The largest absolute Gasteiger partial charge is 0.497 e. The monoisotopic (exact) mass is 477 g/mol. The molecular formula is C27H31N3O5. The van der Waals surface area contributed by atoms with E-state index in [2.05, 4.69) is 16.7 Å². The Hall–Kier alpha value is -3.81. The summed E-state index contributed by atoms with van der Waals surface area (Å²) in [5.41, 5.74) is 1.01. The average Bonchev–Trinajstić information content (AvgIpc) is 3.15. The van der Waals surface area contributed by atoms with Crippen molar-refractivity contribution in [3.8, 4) is 11.5 Å². The molecule has 2 aromatic rings. The molecule has 0 spiro atoms. The number of nitrogens with zero attached hydrogens (tertiary/aromatic N) is 1. The van der Waals surface area contributed by atoms with Gasteiger partial charge in [-0.3, -0.25) is 14.5 Å². The van der Waals surface area contributed by atoms with E-state index in [0.717, 1.165) is 24.2 Å². The lowest BCUT2D eigenvalue weighted by Crippen LogP contribution is -2.46. The molecule has 4 rings (SSSR count). The number of rotatable bonds is 9. The van der Waals surface area contributed by atoms with Crippen LogP contribution >= 0.6 is 0 Å². The first-order valence-electron chi connectivity index (χ1n) is 11.9. The van der Waals surface area contributed by atoms with Gasteiger partial charge in [-0.05, 0) is 67.5 Å². The Morgan fingerprint density at radius 1 is 0.971 bits per heavy atom. The van der Waals surface area contributed by atoms with E-state index in [0.29, 0.717) is 29.2 Å². The van der Waals surface area contributed by atoms with Crippen LogP contribution in [0.5, 0.6) is 11.5 Å². The topological polar surface area (TPSA) is 97.0 Å². The van der Waals surface area contributed by atoms with Crippen LogP contribution in [0.2, 0.25) is 0 Å². The first kappa shape index (κ1) is 24.3. The van der Waals surface area contributed by atoms with Gasteiger partial charge in [0, 0.05) is 6.54 Å². The van der Waals surface area contributed by atoms with Crippen molar-refractivity contribution in [1.82, 2.24) is 15.5 Å². The van der Waals surface area contributed by atoms with E-state index in [-0.39, 0.29) is 12.5 Å². The number of nitrogens with one attached hydrogen (secondary N) is 2. The molecule has 1 aliphatic heterocycles. The maximum absolute atomic E-state index is 13.8. The van der Waals surface area contributed by atoms with Crippen LogP contribution in [0.1, 0.15) is 43.2 Å². The van der Waals surface area contributed by atoms with Gasteiger partial charge in [0.1, 0.15) is 18.0 Å². The number of hydrogen-bond acceptors (Lipinski definition) is 5. The molecule has 1 aliphatic carbocycles. The summed E-state index contributed by atoms with van der Waals surface area (Å²) in [5.74, 6) is 0.368. The minimum atomic E-state index is -1.47. The predicted octanol–water partition coefficient (Wildman–Crippen LogP) is 3.51. The number of allylic oxidation sites excluding steroid dienone is 1. The molecule has 8 heteroatoms. The molecule has 0 saturated carbocycles. The molecule has 4 amide bonds. The summed E-state index contributed by atoms with van der Waals surface area (Å²) in [6.45, 7) is 0.133. The number of benzene rings is 2. The van der Waals surface area contributed by atoms with Gasteiger partial charge in [0.25, 0.3) is 5.91 Å². The summed E-state index contributed by atoms with van der Waals surface area (Å²) in [5, 5.41) is 5.70. The fraction of sp³-hybridized carbons (Fsp3) is 0.370. The molecule has 2 N–H and O–H groups in total. The van der Waals surface area contributed by atoms with E-state index in [1.807, 2.05) is 0 Å². The summed E-state index contributed by atoms with van der Waals surface area (Å²) in [7, 11) is 3.11. The van der Waals surface area contributed by atoms with Crippen molar-refractivity contribution >= 4 is 17.8 Å². The number of ether oxygens (including phenoxy) is 2. The van der Waals surface area contributed by atoms with Gasteiger partial charge in [0.2, 0.25) is 5.91 Å². The van der Waals surface area contributed by atoms with Gasteiger partial charge in [-0.15, -0.1) is 0 Å². The van der Waals surface area contributed by atoms with Crippen LogP contribution in [-0.2, 0) is 15.1 Å². The van der Waals surface area contributed by atoms with Crippen LogP contribution in [-0.4, -0.2) is 50.1 Å². The SMILES string of the molecule is COc1ccc(C2(c3ccc(OC)cc3)NC(=O)N(CC(=O)NCCC3=CCCCC3)C2=O)cc1. The molecule has 0 atom stereocenters. The molecule has 1 fully saturated rings. The third-order valence-electron chi connectivity index (χ3n) is 6.61. The minimum Gasteiger partial charge on any atom is -0.497 e. The van der Waals surface area contributed by atoms with Crippen LogP contribution in [0, 0.1) is 0 Å². The average molecular weight is 478 g/mol. The van der Waals surface area contributed by atoms with E-state index < -0.39 is 17.5 Å². The molecule has 35 heavy (non-hydrogen) atoms. The fourth-order valence-electron chi connectivity index (χ4n) is 4.65. The molecule has 2 aliphatic rings. The second-order valence-corrected chi connectivity index (χ2v) is 8.74. The van der Waals surface area contributed by atoms with E-state index in [1.165, 1.54) is 18.4 Å². The van der Waals surface area contributed by atoms with Crippen LogP contribution in [0.3, 0.4) is 0 Å². The van der Waals surface area contributed by atoms with Crippen LogP contribution in [0.4, 0.5) is 4.79 Å². The molecule has 0 unspecified atom stereocenters. The standard InChI is InChI=1S/C27H31N3O5/c1-34-22-12-8-20(9-13-22)27(21-10-14-23(35-2)15-11-21)25(32)30(26(33)29-27)18-24(31)28-17-16-19-6-4-3-5-7-19/h6,8-15H,3-5,7,16-18H2,1-2H3,(H,28,31)(H,29,33). The van der Waals surface area contributed by atoms with Crippen molar-refractivity contribution in [2.24, 2.45) is 0 Å². The highest BCUT2D eigenvalue weighted by Gasteiger charge is 2.54. The minimum absolute atomic E-state index is 0.349. The predicted molar refractivity (Wildman–Crippen MR) is 131 cm³/mol. The summed E-state index contributed by atoms with van der Waals surface area (Å²) >= 11 is 0. The Morgan fingerprint density at radius 2 is 1.57 bits per heavy atom. The van der Waals surface area contributed by atoms with Crippen molar-refractivity contribution in [2.75, 3.05) is 27.3 Å². The fourth-order valence-corrected chi connectivity index (χ4v) is 4.65. The van der Waals surface area contributed by atoms with Gasteiger partial charge in [0.15, 0.2) is 5.54 Å². The van der Waals surface area contributed by atoms with E-state index in [9.17, 15) is 14.4 Å². The first-order valence-corrected chi connectivity index (χ1v) is 11.9. The first-order chi connectivity index (χ1) is 17.0. The zero-order valence-electron chi connectivity index (χ0n) is 20.1. The maximum Gasteiger partial charge on any atom is 0.326 e. The van der Waals surface area contributed by atoms with Gasteiger partial charge in [-0.2, -0.15) is 0 Å². The lowest BCUT2D eigenvalue weighted by atomic mass is 9.82. The second kappa shape index (κ2) is 10.6. The van der Waals surface area contributed by atoms with E-state index in [4.69, 9.17) is 9.47 Å². The quantitative estimate of drug-likeness (QED) is 0.426. The lowest BCUT2D eigenvalue weighted by Gasteiger charge is -2.28. The summed E-state index contributed by atoms with van der Waals surface area (Å²) < 4.78 is 10.5. The molecule has 8 nitrogen and oxygen atoms in total. The summed E-state index contributed by atoms with van der Waals surface area (Å²) in [4.78, 5) is 40.4. The van der Waals surface area contributed by atoms with Crippen molar-refractivity contribution in [2.45, 2.75) is 37.6 Å². The number of imide groups is 1. The Morgan fingerprint density at radius 3 is 2.09 bits per heavy atom. The van der Waals surface area contributed by atoms with E-state index in [1.54, 1.807) is 62.8 Å². The third-order valence-corrected chi connectivity index (χ3v) is 6.61. The number of amides is 4. The van der Waals surface area contributed by atoms with Gasteiger partial charge in [-0.1, -0.05) is 35.9 Å². The Balaban J connectivity index is 1.55. The molecule has 1 saturated heterocycles. The van der Waals surface area contributed by atoms with Gasteiger partial charge < -0.3 is 20.1 Å². The smallest absolute Gasteiger partial charge is 0.326 e. The van der Waals surface area contributed by atoms with Crippen molar-refractivity contribution in [3.63, 3.8) is 0 Å². The highest BCUT2D eigenvalue weighted by molar-refractivity contribution is 6.11. The number of urea groups is 1. The molecule has 1 heterocycles. The second-order valence-electron chi connectivity index (χ2n) is 8.74. The van der Waals surface area contributed by atoms with Gasteiger partial charge in [-0.25, -0.2) is 4.79 Å². The highest BCUT2D eigenvalue weighted by atomic mass is 16.5.